The highest BCUT2D eigenvalue weighted by Crippen LogP contribution is 2.48. The molecule has 2 aliphatic rings. The van der Waals surface area contributed by atoms with Gasteiger partial charge in [0.15, 0.2) is 0 Å². The van der Waals surface area contributed by atoms with Gasteiger partial charge in [0.2, 0.25) is 0 Å². The number of carboxylic acid groups (broad SMARTS) is 1. The van der Waals surface area contributed by atoms with Crippen molar-refractivity contribution in [1.29, 1.82) is 0 Å². The maximum atomic E-state index is 10.4. The van der Waals surface area contributed by atoms with E-state index >= 15 is 0 Å². The Morgan fingerprint density at radius 1 is 1.64 bits per heavy atom. The van der Waals surface area contributed by atoms with Crippen molar-refractivity contribution in [3.05, 3.63) is 12.2 Å². The average molecular weight is 152 g/mol. The first kappa shape index (κ1) is 6.89. The van der Waals surface area contributed by atoms with Gasteiger partial charge < -0.3 is 5.11 Å². The summed E-state index contributed by atoms with van der Waals surface area (Å²) in [7, 11) is 0. The molecule has 1 N–H and O–H groups in total. The molecule has 2 nitrogen and oxygen atoms in total. The largest absolute Gasteiger partial charge is 0.481 e. The molecular formula is C9H12O2. The van der Waals surface area contributed by atoms with Gasteiger partial charge >= 0.3 is 5.97 Å². The van der Waals surface area contributed by atoms with Crippen molar-refractivity contribution in [3.8, 4) is 0 Å². The van der Waals surface area contributed by atoms with Crippen molar-refractivity contribution in [2.45, 2.75) is 19.3 Å². The van der Waals surface area contributed by atoms with E-state index in [0.29, 0.717) is 18.3 Å². The van der Waals surface area contributed by atoms with Crippen LogP contribution in [0.5, 0.6) is 0 Å². The van der Waals surface area contributed by atoms with Crippen LogP contribution in [-0.4, -0.2) is 11.1 Å². The first-order valence-electron chi connectivity index (χ1n) is 4.16. The van der Waals surface area contributed by atoms with Gasteiger partial charge in [-0.15, -0.1) is 0 Å². The molecule has 0 radical (unpaired) electrons. The van der Waals surface area contributed by atoms with Crippen LogP contribution in [0.4, 0.5) is 0 Å². The smallest absolute Gasteiger partial charge is 0.303 e. The van der Waals surface area contributed by atoms with Crippen molar-refractivity contribution in [2.24, 2.45) is 17.8 Å². The molecule has 0 heterocycles. The van der Waals surface area contributed by atoms with Crippen molar-refractivity contribution in [2.75, 3.05) is 0 Å². The lowest BCUT2D eigenvalue weighted by molar-refractivity contribution is -0.139. The highest BCUT2D eigenvalue weighted by atomic mass is 16.4. The second-order valence-corrected chi connectivity index (χ2v) is 3.59. The molecule has 2 rings (SSSR count). The Labute approximate surface area is 65.9 Å². The summed E-state index contributed by atoms with van der Waals surface area (Å²) in [6.45, 7) is 0. The summed E-state index contributed by atoms with van der Waals surface area (Å²) >= 11 is 0. The van der Waals surface area contributed by atoms with Crippen LogP contribution < -0.4 is 0 Å². The summed E-state index contributed by atoms with van der Waals surface area (Å²) in [5.41, 5.74) is 0. The summed E-state index contributed by atoms with van der Waals surface area (Å²) in [6.07, 6.45) is 7.06. The van der Waals surface area contributed by atoms with Crippen LogP contribution in [0.15, 0.2) is 12.2 Å². The molecule has 2 aliphatic carbocycles. The fourth-order valence-electron chi connectivity index (χ4n) is 2.31. The summed E-state index contributed by atoms with van der Waals surface area (Å²) in [4.78, 5) is 10.4. The molecular weight excluding hydrogens is 140 g/mol. The zero-order chi connectivity index (χ0) is 7.84. The second kappa shape index (κ2) is 2.36. The van der Waals surface area contributed by atoms with Crippen LogP contribution in [0.2, 0.25) is 0 Å². The van der Waals surface area contributed by atoms with E-state index in [2.05, 4.69) is 12.2 Å². The molecule has 1 saturated carbocycles. The van der Waals surface area contributed by atoms with Gasteiger partial charge in [0.25, 0.3) is 0 Å². The molecule has 60 valence electrons. The number of fused-ring (bicyclic) bond motifs is 1. The Bertz CT molecular complexity index is 208. The van der Waals surface area contributed by atoms with Crippen molar-refractivity contribution in [1.82, 2.24) is 0 Å². The maximum absolute atomic E-state index is 10.4. The fraction of sp³-hybridized carbons (Fsp3) is 0.667. The van der Waals surface area contributed by atoms with Gasteiger partial charge in [-0.2, -0.15) is 0 Å². The first-order valence-corrected chi connectivity index (χ1v) is 4.16. The van der Waals surface area contributed by atoms with E-state index in [0.717, 1.165) is 12.3 Å². The number of rotatable bonds is 2. The van der Waals surface area contributed by atoms with Crippen LogP contribution in [-0.2, 0) is 4.79 Å². The number of allylic oxidation sites excluding steroid dienone is 2. The topological polar surface area (TPSA) is 37.3 Å². The van der Waals surface area contributed by atoms with Gasteiger partial charge in [-0.25, -0.2) is 0 Å². The minimum Gasteiger partial charge on any atom is -0.481 e. The van der Waals surface area contributed by atoms with Gasteiger partial charge in [-0.05, 0) is 30.6 Å². The van der Waals surface area contributed by atoms with Crippen LogP contribution in [0.25, 0.3) is 0 Å². The van der Waals surface area contributed by atoms with Gasteiger partial charge in [0, 0.05) is 6.42 Å². The molecule has 1 fully saturated rings. The van der Waals surface area contributed by atoms with Gasteiger partial charge in [-0.3, -0.25) is 4.79 Å². The molecule has 0 bridgehead atoms. The Morgan fingerprint density at radius 3 is 3.09 bits per heavy atom. The molecule has 0 amide bonds. The number of carboxylic acids is 1. The standard InChI is InChI=1S/C9H12O2/c10-9(11)5-7-4-6-2-1-3-8(6)7/h1,3,6-8H,2,4-5H2,(H,10,11)/t6-,7-,8-/m1/s1. The number of hydrogen-bond acceptors (Lipinski definition) is 1. The lowest BCUT2D eigenvalue weighted by atomic mass is 9.65. The predicted octanol–water partition coefficient (Wildman–Crippen LogP) is 1.67. The van der Waals surface area contributed by atoms with E-state index in [9.17, 15) is 4.79 Å². The molecule has 0 unspecified atom stereocenters. The predicted molar refractivity (Wildman–Crippen MR) is 41.1 cm³/mol. The van der Waals surface area contributed by atoms with E-state index < -0.39 is 5.97 Å². The average Bonchev–Trinajstić information content (AvgIpc) is 2.26. The van der Waals surface area contributed by atoms with Gasteiger partial charge in [-0.1, -0.05) is 12.2 Å². The van der Waals surface area contributed by atoms with Gasteiger partial charge in [0.1, 0.15) is 0 Å². The summed E-state index contributed by atoms with van der Waals surface area (Å²) in [6, 6.07) is 0. The molecule has 11 heavy (non-hydrogen) atoms. The number of aliphatic carboxylic acids is 1. The lowest BCUT2D eigenvalue weighted by Crippen LogP contribution is -2.33. The number of carbonyl (C=O) groups is 1. The SMILES string of the molecule is O=C(O)C[C@H]1C[C@H]2CC=C[C@H]21. The van der Waals surface area contributed by atoms with Crippen molar-refractivity contribution < 1.29 is 9.90 Å². The quantitative estimate of drug-likeness (QED) is 0.611. The van der Waals surface area contributed by atoms with Crippen molar-refractivity contribution >= 4 is 5.97 Å². The summed E-state index contributed by atoms with van der Waals surface area (Å²) in [5.74, 6) is 1.19. The van der Waals surface area contributed by atoms with E-state index in [4.69, 9.17) is 5.11 Å². The lowest BCUT2D eigenvalue weighted by Gasteiger charge is -2.39. The Kier molecular flexibility index (Phi) is 1.48. The van der Waals surface area contributed by atoms with Crippen molar-refractivity contribution in [3.63, 3.8) is 0 Å². The third-order valence-electron chi connectivity index (χ3n) is 2.93. The molecule has 2 heteroatoms. The maximum Gasteiger partial charge on any atom is 0.303 e. The van der Waals surface area contributed by atoms with E-state index in [1.54, 1.807) is 0 Å². The van der Waals surface area contributed by atoms with E-state index in [-0.39, 0.29) is 0 Å². The van der Waals surface area contributed by atoms with Gasteiger partial charge in [0.05, 0.1) is 0 Å². The highest BCUT2D eigenvalue weighted by Gasteiger charge is 2.41. The van der Waals surface area contributed by atoms with Crippen LogP contribution in [0.1, 0.15) is 19.3 Å². The highest BCUT2D eigenvalue weighted by molar-refractivity contribution is 5.67. The van der Waals surface area contributed by atoms with E-state index in [1.807, 2.05) is 0 Å². The second-order valence-electron chi connectivity index (χ2n) is 3.59. The molecule has 0 saturated heterocycles. The molecule has 0 aliphatic heterocycles. The molecule has 0 aromatic carbocycles. The van der Waals surface area contributed by atoms with Crippen LogP contribution >= 0.6 is 0 Å². The summed E-state index contributed by atoms with van der Waals surface area (Å²) < 4.78 is 0. The normalized spacial score (nSPS) is 39.8. The third-order valence-corrected chi connectivity index (χ3v) is 2.93. The summed E-state index contributed by atoms with van der Waals surface area (Å²) in [5, 5.41) is 8.54. The molecule has 0 spiro atoms. The molecule has 0 aromatic heterocycles. The Hall–Kier alpha value is -0.790. The minimum atomic E-state index is -0.645. The zero-order valence-corrected chi connectivity index (χ0v) is 6.36. The first-order chi connectivity index (χ1) is 5.27. The fourth-order valence-corrected chi connectivity index (χ4v) is 2.31. The Balaban J connectivity index is 1.90. The molecule has 3 atom stereocenters. The monoisotopic (exact) mass is 152 g/mol. The van der Waals surface area contributed by atoms with E-state index in [1.165, 1.54) is 6.42 Å². The van der Waals surface area contributed by atoms with Crippen LogP contribution in [0.3, 0.4) is 0 Å². The van der Waals surface area contributed by atoms with Crippen LogP contribution in [0, 0.1) is 17.8 Å². The third kappa shape index (κ3) is 1.06. The molecule has 0 aromatic rings. The number of hydrogen-bond donors (Lipinski definition) is 1. The zero-order valence-electron chi connectivity index (χ0n) is 6.36. The Morgan fingerprint density at radius 2 is 2.45 bits per heavy atom. The minimum absolute atomic E-state index is 0.367.